The number of alkyl halides is 2. The van der Waals surface area contributed by atoms with Crippen molar-refractivity contribution in [1.29, 1.82) is 0 Å². The van der Waals surface area contributed by atoms with E-state index in [4.69, 9.17) is 4.74 Å². The number of amides is 2. The van der Waals surface area contributed by atoms with Crippen molar-refractivity contribution >= 4 is 27.3 Å². The maximum absolute atomic E-state index is 13.0. The van der Waals surface area contributed by atoms with E-state index >= 15 is 0 Å². The third-order valence-corrected chi connectivity index (χ3v) is 6.16. The maximum atomic E-state index is 13.0. The maximum Gasteiger partial charge on any atom is 0.272 e. The summed E-state index contributed by atoms with van der Waals surface area (Å²) in [4.78, 5) is 27.1. The second kappa shape index (κ2) is 9.01. The fraction of sp³-hybridized carbons (Fsp3) is 0.333. The first-order chi connectivity index (χ1) is 14.6. The van der Waals surface area contributed by atoms with Crippen molar-refractivity contribution in [3.05, 3.63) is 54.1 Å². The normalized spacial score (nSPS) is 19.0. The molecule has 1 fully saturated rings. The Morgan fingerprint density at radius 2 is 1.94 bits per heavy atom. The molecule has 2 amide bonds. The predicted octanol–water partition coefficient (Wildman–Crippen LogP) is 2.54. The zero-order valence-electron chi connectivity index (χ0n) is 16.9. The van der Waals surface area contributed by atoms with Crippen LogP contribution >= 0.6 is 0 Å². The van der Waals surface area contributed by atoms with E-state index in [1.165, 1.54) is 35.2 Å². The van der Waals surface area contributed by atoms with Crippen molar-refractivity contribution in [2.45, 2.75) is 17.2 Å². The van der Waals surface area contributed by atoms with Crippen LogP contribution in [0.2, 0.25) is 0 Å². The van der Waals surface area contributed by atoms with Crippen LogP contribution in [0, 0.1) is 5.92 Å². The van der Waals surface area contributed by atoms with Gasteiger partial charge in [0.05, 0.1) is 10.6 Å². The molecule has 1 aliphatic rings. The summed E-state index contributed by atoms with van der Waals surface area (Å²) in [6, 6.07) is 12.3. The molecule has 0 bridgehead atoms. The lowest BCUT2D eigenvalue weighted by Crippen LogP contribution is -2.33. The summed E-state index contributed by atoms with van der Waals surface area (Å²) in [6.45, 7) is -0.526. The molecule has 3 rings (SSSR count). The van der Waals surface area contributed by atoms with Gasteiger partial charge in [0.15, 0.2) is 9.84 Å². The van der Waals surface area contributed by atoms with Gasteiger partial charge in [0.1, 0.15) is 18.3 Å². The average Bonchev–Trinajstić information content (AvgIpc) is 3.01. The quantitative estimate of drug-likeness (QED) is 0.652. The first-order valence-corrected chi connectivity index (χ1v) is 11.3. The minimum Gasteiger partial charge on any atom is -0.488 e. The van der Waals surface area contributed by atoms with Crippen LogP contribution in [-0.2, 0) is 19.4 Å². The SMILES string of the molecule is CN1C[C@H](c2cccc(OCC(F)F)c2)[C@@H](C(=O)Nc2ccccc2S(C)(=O)=O)C1=O. The molecule has 1 saturated heterocycles. The molecular formula is C21H22F2N2O5S. The van der Waals surface area contributed by atoms with Gasteiger partial charge in [-0.25, -0.2) is 17.2 Å². The number of hydrogen-bond acceptors (Lipinski definition) is 5. The number of carbonyl (C=O) groups excluding carboxylic acids is 2. The van der Waals surface area contributed by atoms with E-state index in [1.54, 1.807) is 25.2 Å². The molecule has 0 aromatic heterocycles. The monoisotopic (exact) mass is 452 g/mol. The lowest BCUT2D eigenvalue weighted by molar-refractivity contribution is -0.135. The molecule has 1 heterocycles. The Morgan fingerprint density at radius 3 is 2.61 bits per heavy atom. The number of nitrogens with zero attached hydrogens (tertiary/aromatic N) is 1. The van der Waals surface area contributed by atoms with Crippen LogP contribution in [0.1, 0.15) is 11.5 Å². The highest BCUT2D eigenvalue weighted by Gasteiger charge is 2.44. The van der Waals surface area contributed by atoms with E-state index in [-0.39, 0.29) is 22.9 Å². The number of benzene rings is 2. The molecule has 0 spiro atoms. The topological polar surface area (TPSA) is 92.8 Å². The summed E-state index contributed by atoms with van der Waals surface area (Å²) in [6.07, 6.45) is -1.60. The number of ether oxygens (including phenoxy) is 1. The number of rotatable bonds is 7. The van der Waals surface area contributed by atoms with Gasteiger partial charge in [0.2, 0.25) is 11.8 Å². The van der Waals surface area contributed by atoms with Gasteiger partial charge in [0.25, 0.3) is 6.43 Å². The van der Waals surface area contributed by atoms with Crippen LogP contribution in [-0.4, -0.2) is 58.0 Å². The van der Waals surface area contributed by atoms with Gasteiger partial charge in [-0.2, -0.15) is 0 Å². The summed E-state index contributed by atoms with van der Waals surface area (Å²) >= 11 is 0. The van der Waals surface area contributed by atoms with Gasteiger partial charge >= 0.3 is 0 Å². The number of anilines is 1. The fourth-order valence-electron chi connectivity index (χ4n) is 3.59. The third-order valence-electron chi connectivity index (χ3n) is 5.00. The van der Waals surface area contributed by atoms with Crippen molar-refractivity contribution < 1.29 is 31.5 Å². The van der Waals surface area contributed by atoms with Gasteiger partial charge < -0.3 is 15.0 Å². The van der Waals surface area contributed by atoms with Crippen molar-refractivity contribution in [2.75, 3.05) is 31.8 Å². The Balaban J connectivity index is 1.88. The number of halogens is 2. The molecule has 0 saturated carbocycles. The van der Waals surface area contributed by atoms with Crippen molar-refractivity contribution in [2.24, 2.45) is 5.92 Å². The van der Waals surface area contributed by atoms with Crippen molar-refractivity contribution in [1.82, 2.24) is 4.90 Å². The number of para-hydroxylation sites is 1. The van der Waals surface area contributed by atoms with Gasteiger partial charge in [-0.3, -0.25) is 9.59 Å². The van der Waals surface area contributed by atoms with Crippen LogP contribution in [0.25, 0.3) is 0 Å². The number of likely N-dealkylation sites (tertiary alicyclic amines) is 1. The first-order valence-electron chi connectivity index (χ1n) is 9.43. The van der Waals surface area contributed by atoms with Gasteiger partial charge in [0, 0.05) is 25.8 Å². The lowest BCUT2D eigenvalue weighted by Gasteiger charge is -2.18. The molecule has 166 valence electrons. The Labute approximate surface area is 178 Å². The van der Waals surface area contributed by atoms with E-state index in [0.29, 0.717) is 5.56 Å². The number of hydrogen-bond donors (Lipinski definition) is 1. The molecule has 2 atom stereocenters. The molecule has 0 aliphatic carbocycles. The Bertz CT molecular complexity index is 1090. The van der Waals surface area contributed by atoms with Gasteiger partial charge in [-0.05, 0) is 29.8 Å². The summed E-state index contributed by atoms with van der Waals surface area (Å²) in [5.74, 6) is -2.52. The van der Waals surface area contributed by atoms with Crippen molar-refractivity contribution in [3.63, 3.8) is 0 Å². The number of carbonyl (C=O) groups is 2. The largest absolute Gasteiger partial charge is 0.488 e. The number of sulfone groups is 1. The van der Waals surface area contributed by atoms with E-state index in [1.807, 2.05) is 0 Å². The lowest BCUT2D eigenvalue weighted by atomic mass is 9.87. The van der Waals surface area contributed by atoms with Gasteiger partial charge in [-0.1, -0.05) is 24.3 Å². The molecule has 7 nitrogen and oxygen atoms in total. The first kappa shape index (κ1) is 22.7. The average molecular weight is 452 g/mol. The smallest absolute Gasteiger partial charge is 0.272 e. The fourth-order valence-corrected chi connectivity index (χ4v) is 4.43. The standard InChI is InChI=1S/C21H22F2N2O5S/c1-25-11-15(13-6-5-7-14(10-13)30-12-18(22)23)19(21(25)27)20(26)24-16-8-3-4-9-17(16)31(2,28)29/h3-10,15,18-19H,11-12H2,1-2H3,(H,24,26)/t15-,19+/m1/s1. The molecular weight excluding hydrogens is 430 g/mol. The van der Waals surface area contributed by atoms with E-state index < -0.39 is 46.5 Å². The van der Waals surface area contributed by atoms with Crippen LogP contribution in [0.4, 0.5) is 14.5 Å². The molecule has 2 aromatic carbocycles. The highest BCUT2D eigenvalue weighted by Crippen LogP contribution is 2.35. The number of likely N-dealkylation sites (N-methyl/N-ethyl adjacent to an activating group) is 1. The van der Waals surface area contributed by atoms with Gasteiger partial charge in [-0.15, -0.1) is 0 Å². The summed E-state index contributed by atoms with van der Waals surface area (Å²) in [5.41, 5.74) is 0.672. The second-order valence-corrected chi connectivity index (χ2v) is 9.32. The van der Waals surface area contributed by atoms with Crippen LogP contribution in [0.3, 0.4) is 0 Å². The minimum absolute atomic E-state index is 0.0545. The van der Waals surface area contributed by atoms with E-state index in [0.717, 1.165) is 6.26 Å². The zero-order chi connectivity index (χ0) is 22.8. The van der Waals surface area contributed by atoms with E-state index in [9.17, 15) is 26.8 Å². The molecule has 10 heteroatoms. The Hall–Kier alpha value is -3.01. The molecule has 31 heavy (non-hydrogen) atoms. The summed E-state index contributed by atoms with van der Waals surface area (Å²) < 4.78 is 54.0. The van der Waals surface area contributed by atoms with Crippen molar-refractivity contribution in [3.8, 4) is 5.75 Å². The van der Waals surface area contributed by atoms with Crippen LogP contribution in [0.5, 0.6) is 5.75 Å². The Morgan fingerprint density at radius 1 is 1.23 bits per heavy atom. The molecule has 0 unspecified atom stereocenters. The predicted molar refractivity (Wildman–Crippen MR) is 110 cm³/mol. The third kappa shape index (κ3) is 5.19. The minimum atomic E-state index is -3.60. The summed E-state index contributed by atoms with van der Waals surface area (Å²) in [7, 11) is -2.04. The highest BCUT2D eigenvalue weighted by molar-refractivity contribution is 7.90. The molecule has 2 aromatic rings. The Kier molecular flexibility index (Phi) is 6.59. The van der Waals surface area contributed by atoms with Crippen LogP contribution < -0.4 is 10.1 Å². The highest BCUT2D eigenvalue weighted by atomic mass is 32.2. The molecule has 1 N–H and O–H groups in total. The zero-order valence-corrected chi connectivity index (χ0v) is 17.7. The second-order valence-electron chi connectivity index (χ2n) is 7.34. The molecule has 0 radical (unpaired) electrons. The van der Waals surface area contributed by atoms with E-state index in [2.05, 4.69) is 5.32 Å². The number of nitrogens with one attached hydrogen (secondary N) is 1. The van der Waals surface area contributed by atoms with Crippen LogP contribution in [0.15, 0.2) is 53.4 Å². The molecule has 1 aliphatic heterocycles. The summed E-state index contributed by atoms with van der Waals surface area (Å²) in [5, 5.41) is 2.57.